The predicted molar refractivity (Wildman–Crippen MR) is 108 cm³/mol. The molecule has 0 saturated carbocycles. The summed E-state index contributed by atoms with van der Waals surface area (Å²) in [5, 5.41) is 6.10. The average Bonchev–Trinajstić information content (AvgIpc) is 2.60. The van der Waals surface area contributed by atoms with Crippen molar-refractivity contribution in [2.24, 2.45) is 5.92 Å². The lowest BCUT2D eigenvalue weighted by atomic mass is 10.1. The normalized spacial score (nSPS) is 16.0. The van der Waals surface area contributed by atoms with Crippen LogP contribution in [0.25, 0.3) is 0 Å². The first kappa shape index (κ1) is 19.0. The Morgan fingerprint density at radius 3 is 2.44 bits per heavy atom. The van der Waals surface area contributed by atoms with Crippen molar-refractivity contribution in [3.05, 3.63) is 47.5 Å². The highest BCUT2D eigenvalue weighted by molar-refractivity contribution is 6.30. The number of rotatable bonds is 4. The Balaban J connectivity index is 1.75. The Bertz CT molecular complexity index is 852. The largest absolute Gasteiger partial charge is 0.479 e. The van der Waals surface area contributed by atoms with Crippen molar-refractivity contribution in [2.75, 3.05) is 22.1 Å². The summed E-state index contributed by atoms with van der Waals surface area (Å²) in [4.78, 5) is 26.4. The van der Waals surface area contributed by atoms with Gasteiger partial charge in [-0.25, -0.2) is 4.79 Å². The number of anilines is 3. The number of halogens is 1. The van der Waals surface area contributed by atoms with Crippen molar-refractivity contribution in [3.63, 3.8) is 0 Å². The number of fused-ring (bicyclic) bond motifs is 1. The van der Waals surface area contributed by atoms with Gasteiger partial charge in [0.2, 0.25) is 0 Å². The summed E-state index contributed by atoms with van der Waals surface area (Å²) in [6.07, 6.45) is -0.561. The van der Waals surface area contributed by atoms with Gasteiger partial charge < -0.3 is 20.3 Å². The van der Waals surface area contributed by atoms with E-state index in [4.69, 9.17) is 16.3 Å². The second kappa shape index (κ2) is 7.88. The van der Waals surface area contributed by atoms with Crippen LogP contribution in [0.5, 0.6) is 5.75 Å². The molecule has 0 aliphatic carbocycles. The molecule has 27 heavy (non-hydrogen) atoms. The third kappa shape index (κ3) is 4.52. The van der Waals surface area contributed by atoms with E-state index in [1.807, 2.05) is 0 Å². The average molecular weight is 388 g/mol. The van der Waals surface area contributed by atoms with Gasteiger partial charge in [0.05, 0.1) is 5.69 Å². The van der Waals surface area contributed by atoms with Gasteiger partial charge in [0, 0.05) is 29.0 Å². The number of nitrogens with zero attached hydrogens (tertiary/aromatic N) is 1. The number of hydrogen-bond acceptors (Lipinski definition) is 3. The summed E-state index contributed by atoms with van der Waals surface area (Å²) in [5.74, 6) is 0.847. The monoisotopic (exact) mass is 387 g/mol. The highest BCUT2D eigenvalue weighted by atomic mass is 35.5. The zero-order valence-corrected chi connectivity index (χ0v) is 16.2. The molecule has 3 rings (SSSR count). The predicted octanol–water partition coefficient (Wildman–Crippen LogP) is 4.75. The van der Waals surface area contributed by atoms with E-state index in [-0.39, 0.29) is 11.9 Å². The quantitative estimate of drug-likeness (QED) is 0.794. The second-order valence-corrected chi connectivity index (χ2v) is 7.31. The number of benzene rings is 2. The summed E-state index contributed by atoms with van der Waals surface area (Å²) in [7, 11) is 0. The van der Waals surface area contributed by atoms with Crippen LogP contribution in [0.4, 0.5) is 21.9 Å². The molecule has 1 atom stereocenters. The molecule has 3 amide bonds. The molecule has 6 nitrogen and oxygen atoms in total. The van der Waals surface area contributed by atoms with Crippen LogP contribution in [0.1, 0.15) is 20.8 Å². The van der Waals surface area contributed by atoms with Crippen LogP contribution in [0.3, 0.4) is 0 Å². The number of urea groups is 1. The van der Waals surface area contributed by atoms with Gasteiger partial charge in [-0.05, 0) is 49.2 Å². The van der Waals surface area contributed by atoms with Crippen molar-refractivity contribution in [1.29, 1.82) is 0 Å². The Labute approximate surface area is 163 Å². The van der Waals surface area contributed by atoms with Crippen molar-refractivity contribution < 1.29 is 14.3 Å². The van der Waals surface area contributed by atoms with E-state index in [9.17, 15) is 9.59 Å². The molecule has 2 N–H and O–H groups in total. The lowest BCUT2D eigenvalue weighted by Crippen LogP contribution is -2.46. The topological polar surface area (TPSA) is 70.7 Å². The van der Waals surface area contributed by atoms with Gasteiger partial charge in [-0.3, -0.25) is 4.79 Å². The third-order valence-electron chi connectivity index (χ3n) is 4.08. The van der Waals surface area contributed by atoms with Gasteiger partial charge in [-0.15, -0.1) is 0 Å². The van der Waals surface area contributed by atoms with Crippen LogP contribution in [0.15, 0.2) is 42.5 Å². The number of amides is 3. The molecule has 0 radical (unpaired) electrons. The Morgan fingerprint density at radius 2 is 1.78 bits per heavy atom. The van der Waals surface area contributed by atoms with Crippen molar-refractivity contribution in [1.82, 2.24) is 0 Å². The molecule has 142 valence electrons. The minimum absolute atomic E-state index is 0.0580. The van der Waals surface area contributed by atoms with Crippen molar-refractivity contribution >= 4 is 40.6 Å². The fourth-order valence-corrected chi connectivity index (χ4v) is 2.99. The molecule has 7 heteroatoms. The Kier molecular flexibility index (Phi) is 5.56. The SMILES string of the molecule is CC(C)CN1C(=O)C(C)Oc2cc(NC(=O)Nc3ccc(Cl)cc3)ccc21. The molecule has 2 aromatic rings. The molecular weight excluding hydrogens is 366 g/mol. The van der Waals surface area contributed by atoms with Gasteiger partial charge >= 0.3 is 6.03 Å². The standard InChI is InChI=1S/C20H22ClN3O3/c1-12(2)11-24-17-9-8-16(10-18(17)27-13(3)19(24)25)23-20(26)22-15-6-4-14(21)5-7-15/h4-10,12-13H,11H2,1-3H3,(H2,22,23,26). The van der Waals surface area contributed by atoms with E-state index < -0.39 is 6.10 Å². The lowest BCUT2D eigenvalue weighted by molar-refractivity contribution is -0.125. The van der Waals surface area contributed by atoms with Crippen LogP contribution in [-0.2, 0) is 4.79 Å². The first-order valence-corrected chi connectivity index (χ1v) is 9.17. The highest BCUT2D eigenvalue weighted by Crippen LogP contribution is 2.36. The van der Waals surface area contributed by atoms with E-state index in [2.05, 4.69) is 24.5 Å². The number of carbonyl (C=O) groups excluding carboxylic acids is 2. The third-order valence-corrected chi connectivity index (χ3v) is 4.33. The number of carbonyl (C=O) groups is 2. The molecule has 0 fully saturated rings. The van der Waals surface area contributed by atoms with Crippen LogP contribution < -0.4 is 20.3 Å². The first-order valence-electron chi connectivity index (χ1n) is 8.79. The summed E-state index contributed by atoms with van der Waals surface area (Å²) < 4.78 is 5.73. The molecule has 1 aliphatic rings. The molecular formula is C20H22ClN3O3. The van der Waals surface area contributed by atoms with Gasteiger partial charge in [0.25, 0.3) is 5.91 Å². The molecule has 1 aliphatic heterocycles. The van der Waals surface area contributed by atoms with Crippen molar-refractivity contribution in [3.8, 4) is 5.75 Å². The fraction of sp³-hybridized carbons (Fsp3) is 0.300. The molecule has 2 aromatic carbocycles. The van der Waals surface area contributed by atoms with Crippen LogP contribution in [-0.4, -0.2) is 24.6 Å². The maximum absolute atomic E-state index is 12.4. The summed E-state index contributed by atoms with van der Waals surface area (Å²) in [6, 6.07) is 11.7. The number of hydrogen-bond donors (Lipinski definition) is 2. The Hall–Kier alpha value is -2.73. The first-order chi connectivity index (χ1) is 12.8. The summed E-state index contributed by atoms with van der Waals surface area (Å²) in [6.45, 7) is 6.46. The van der Waals surface area contributed by atoms with E-state index in [1.54, 1.807) is 54.3 Å². The highest BCUT2D eigenvalue weighted by Gasteiger charge is 2.31. The molecule has 0 saturated heterocycles. The lowest BCUT2D eigenvalue weighted by Gasteiger charge is -2.34. The van der Waals surface area contributed by atoms with Gasteiger partial charge in [0.15, 0.2) is 6.10 Å². The zero-order chi connectivity index (χ0) is 19.6. The number of ether oxygens (including phenoxy) is 1. The van der Waals surface area contributed by atoms with E-state index >= 15 is 0 Å². The van der Waals surface area contributed by atoms with Gasteiger partial charge in [-0.2, -0.15) is 0 Å². The van der Waals surface area contributed by atoms with E-state index in [1.165, 1.54) is 0 Å². The fourth-order valence-electron chi connectivity index (χ4n) is 2.87. The summed E-state index contributed by atoms with van der Waals surface area (Å²) >= 11 is 5.84. The molecule has 0 aromatic heterocycles. The zero-order valence-electron chi connectivity index (χ0n) is 15.5. The minimum Gasteiger partial charge on any atom is -0.479 e. The van der Waals surface area contributed by atoms with Crippen LogP contribution >= 0.6 is 11.6 Å². The van der Waals surface area contributed by atoms with E-state index in [0.29, 0.717) is 34.6 Å². The minimum atomic E-state index is -0.561. The molecule has 1 unspecified atom stereocenters. The second-order valence-electron chi connectivity index (χ2n) is 6.87. The molecule has 1 heterocycles. The summed E-state index contributed by atoms with van der Waals surface area (Å²) in [5.41, 5.74) is 1.93. The van der Waals surface area contributed by atoms with Crippen LogP contribution in [0.2, 0.25) is 5.02 Å². The van der Waals surface area contributed by atoms with Gasteiger partial charge in [-0.1, -0.05) is 25.4 Å². The molecule has 0 spiro atoms. The van der Waals surface area contributed by atoms with E-state index in [0.717, 1.165) is 5.69 Å². The van der Waals surface area contributed by atoms with Gasteiger partial charge in [0.1, 0.15) is 5.75 Å². The smallest absolute Gasteiger partial charge is 0.323 e. The van der Waals surface area contributed by atoms with Crippen LogP contribution in [0, 0.1) is 5.92 Å². The maximum atomic E-state index is 12.4. The molecule has 0 bridgehead atoms. The maximum Gasteiger partial charge on any atom is 0.323 e. The van der Waals surface area contributed by atoms with Crippen molar-refractivity contribution in [2.45, 2.75) is 26.9 Å². The Morgan fingerprint density at radius 1 is 1.15 bits per heavy atom. The number of nitrogens with one attached hydrogen (secondary N) is 2.